The van der Waals surface area contributed by atoms with Crippen LogP contribution in [0.1, 0.15) is 13.8 Å². The van der Waals surface area contributed by atoms with Crippen LogP contribution >= 0.6 is 0 Å². The lowest BCUT2D eigenvalue weighted by Gasteiger charge is -2.26. The molecule has 1 aliphatic rings. The molecule has 1 fully saturated rings. The number of carbonyl (C=O) groups excluding carboxylic acids is 3. The summed E-state index contributed by atoms with van der Waals surface area (Å²) in [5.74, 6) is 4.32. The predicted octanol–water partition coefficient (Wildman–Crippen LogP) is -1.10. The lowest BCUT2D eigenvalue weighted by Crippen LogP contribution is -2.48. The number of nitrogens with one attached hydrogen (secondary N) is 1. The van der Waals surface area contributed by atoms with Crippen molar-refractivity contribution in [2.45, 2.75) is 13.8 Å². The van der Waals surface area contributed by atoms with Crippen LogP contribution in [0, 0.1) is 5.41 Å². The summed E-state index contributed by atoms with van der Waals surface area (Å²) in [6.07, 6.45) is 0. The molecule has 1 saturated heterocycles. The summed E-state index contributed by atoms with van der Waals surface area (Å²) in [7, 11) is 1.54. The molecule has 16 heavy (non-hydrogen) atoms. The van der Waals surface area contributed by atoms with Crippen molar-refractivity contribution in [3.05, 3.63) is 0 Å². The zero-order valence-corrected chi connectivity index (χ0v) is 9.61. The number of rotatable bonds is 3. The molecule has 4 amide bonds. The van der Waals surface area contributed by atoms with E-state index in [0.29, 0.717) is 0 Å². The molecule has 0 spiro atoms. The standard InChI is InChI=1S/C9H16N4O3/c1-9(2,7(15)11-10)5-13-6(14)4-12(3)8(13)16/h4-5,10H2,1-3H3,(H,11,15). The third-order valence-corrected chi connectivity index (χ3v) is 2.53. The number of imide groups is 1. The molecule has 0 saturated carbocycles. The van der Waals surface area contributed by atoms with Crippen molar-refractivity contribution in [3.8, 4) is 0 Å². The highest BCUT2D eigenvalue weighted by molar-refractivity contribution is 6.02. The molecule has 0 atom stereocenters. The third kappa shape index (κ3) is 2.13. The molecule has 0 aliphatic carbocycles. The van der Waals surface area contributed by atoms with E-state index in [1.807, 2.05) is 5.43 Å². The second-order valence-electron chi connectivity index (χ2n) is 4.48. The summed E-state index contributed by atoms with van der Waals surface area (Å²) in [4.78, 5) is 36.8. The van der Waals surface area contributed by atoms with Crippen molar-refractivity contribution < 1.29 is 14.4 Å². The first-order valence-corrected chi connectivity index (χ1v) is 4.86. The number of hydrogen-bond acceptors (Lipinski definition) is 4. The first-order chi connectivity index (χ1) is 7.29. The minimum atomic E-state index is -0.898. The van der Waals surface area contributed by atoms with Crippen LogP contribution in [0.2, 0.25) is 0 Å². The Bertz CT molecular complexity index is 340. The van der Waals surface area contributed by atoms with Crippen molar-refractivity contribution >= 4 is 17.8 Å². The summed E-state index contributed by atoms with van der Waals surface area (Å²) in [5.41, 5.74) is 1.12. The Hall–Kier alpha value is -1.63. The maximum Gasteiger partial charge on any atom is 0.326 e. The molecule has 90 valence electrons. The van der Waals surface area contributed by atoms with Gasteiger partial charge in [-0.2, -0.15) is 0 Å². The van der Waals surface area contributed by atoms with E-state index in [4.69, 9.17) is 5.84 Å². The van der Waals surface area contributed by atoms with Gasteiger partial charge in [-0.15, -0.1) is 0 Å². The van der Waals surface area contributed by atoms with Gasteiger partial charge in [-0.3, -0.25) is 19.9 Å². The van der Waals surface area contributed by atoms with Crippen LogP contribution < -0.4 is 11.3 Å². The Morgan fingerprint density at radius 3 is 2.44 bits per heavy atom. The number of amides is 4. The maximum atomic E-state index is 11.6. The van der Waals surface area contributed by atoms with E-state index >= 15 is 0 Å². The lowest BCUT2D eigenvalue weighted by atomic mass is 9.92. The summed E-state index contributed by atoms with van der Waals surface area (Å²) in [5, 5.41) is 0. The number of hydrazine groups is 1. The molecular weight excluding hydrogens is 212 g/mol. The van der Waals surface area contributed by atoms with Crippen molar-refractivity contribution in [1.29, 1.82) is 0 Å². The quantitative estimate of drug-likeness (QED) is 0.277. The molecular formula is C9H16N4O3. The third-order valence-electron chi connectivity index (χ3n) is 2.53. The Morgan fingerprint density at radius 2 is 2.06 bits per heavy atom. The minimum absolute atomic E-state index is 0.0258. The maximum absolute atomic E-state index is 11.6. The molecule has 0 unspecified atom stereocenters. The van der Waals surface area contributed by atoms with Gasteiger partial charge in [0.15, 0.2) is 0 Å². The van der Waals surface area contributed by atoms with E-state index in [1.165, 1.54) is 11.9 Å². The van der Waals surface area contributed by atoms with Gasteiger partial charge in [0.2, 0.25) is 11.8 Å². The smallest absolute Gasteiger partial charge is 0.318 e. The van der Waals surface area contributed by atoms with Crippen LogP contribution in [0.4, 0.5) is 4.79 Å². The number of nitrogens with two attached hydrogens (primary N) is 1. The summed E-state index contributed by atoms with van der Waals surface area (Å²) >= 11 is 0. The molecule has 0 aromatic heterocycles. The number of likely N-dealkylation sites (N-methyl/N-ethyl adjacent to an activating group) is 1. The van der Waals surface area contributed by atoms with E-state index in [0.717, 1.165) is 4.90 Å². The Morgan fingerprint density at radius 1 is 1.50 bits per heavy atom. The van der Waals surface area contributed by atoms with Gasteiger partial charge in [0, 0.05) is 13.6 Å². The topological polar surface area (TPSA) is 95.7 Å². The van der Waals surface area contributed by atoms with E-state index < -0.39 is 11.3 Å². The molecule has 1 rings (SSSR count). The van der Waals surface area contributed by atoms with Crippen LogP contribution in [0.5, 0.6) is 0 Å². The first kappa shape index (κ1) is 12.4. The van der Waals surface area contributed by atoms with Crippen LogP contribution in [-0.4, -0.2) is 47.8 Å². The minimum Gasteiger partial charge on any atom is -0.318 e. The van der Waals surface area contributed by atoms with Gasteiger partial charge in [0.25, 0.3) is 0 Å². The average molecular weight is 228 g/mol. The van der Waals surface area contributed by atoms with E-state index in [9.17, 15) is 14.4 Å². The van der Waals surface area contributed by atoms with Crippen molar-refractivity contribution in [1.82, 2.24) is 15.2 Å². The summed E-state index contributed by atoms with van der Waals surface area (Å²) in [6, 6.07) is -0.386. The average Bonchev–Trinajstić information content (AvgIpc) is 2.43. The summed E-state index contributed by atoms with van der Waals surface area (Å²) < 4.78 is 0. The fourth-order valence-corrected chi connectivity index (χ4v) is 1.49. The molecule has 0 radical (unpaired) electrons. The molecule has 0 aromatic rings. The molecule has 7 nitrogen and oxygen atoms in total. The highest BCUT2D eigenvalue weighted by Crippen LogP contribution is 2.20. The fraction of sp³-hybridized carbons (Fsp3) is 0.667. The van der Waals surface area contributed by atoms with Gasteiger partial charge < -0.3 is 4.90 Å². The number of carbonyl (C=O) groups is 3. The second kappa shape index (κ2) is 4.09. The highest BCUT2D eigenvalue weighted by atomic mass is 16.2. The van der Waals surface area contributed by atoms with Crippen LogP contribution in [-0.2, 0) is 9.59 Å². The zero-order valence-electron chi connectivity index (χ0n) is 9.61. The SMILES string of the molecule is CN1CC(=O)N(CC(C)(C)C(=O)NN)C1=O. The van der Waals surface area contributed by atoms with E-state index in [2.05, 4.69) is 0 Å². The van der Waals surface area contributed by atoms with Gasteiger partial charge in [0.1, 0.15) is 6.54 Å². The van der Waals surface area contributed by atoms with Crippen molar-refractivity contribution in [3.63, 3.8) is 0 Å². The number of urea groups is 1. The summed E-state index contributed by atoms with van der Waals surface area (Å²) in [6.45, 7) is 3.32. The van der Waals surface area contributed by atoms with Gasteiger partial charge in [-0.05, 0) is 13.8 Å². The lowest BCUT2D eigenvalue weighted by molar-refractivity contribution is -0.132. The Balaban J connectivity index is 2.78. The second-order valence-corrected chi connectivity index (χ2v) is 4.48. The zero-order chi connectivity index (χ0) is 12.5. The van der Waals surface area contributed by atoms with Gasteiger partial charge in [-0.25, -0.2) is 10.6 Å². The fourth-order valence-electron chi connectivity index (χ4n) is 1.49. The van der Waals surface area contributed by atoms with Crippen LogP contribution in [0.3, 0.4) is 0 Å². The molecule has 0 aromatic carbocycles. The monoisotopic (exact) mass is 228 g/mol. The van der Waals surface area contributed by atoms with E-state index in [-0.39, 0.29) is 25.0 Å². The van der Waals surface area contributed by atoms with Crippen LogP contribution in [0.15, 0.2) is 0 Å². The van der Waals surface area contributed by atoms with Gasteiger partial charge in [-0.1, -0.05) is 0 Å². The molecule has 1 heterocycles. The highest BCUT2D eigenvalue weighted by Gasteiger charge is 2.39. The first-order valence-electron chi connectivity index (χ1n) is 4.86. The largest absolute Gasteiger partial charge is 0.326 e. The molecule has 3 N–H and O–H groups in total. The molecule has 0 bridgehead atoms. The van der Waals surface area contributed by atoms with Crippen molar-refractivity contribution in [2.75, 3.05) is 20.1 Å². The van der Waals surface area contributed by atoms with Gasteiger partial charge in [0.05, 0.1) is 5.41 Å². The normalized spacial score (nSPS) is 17.0. The molecule has 1 aliphatic heterocycles. The number of hydrogen-bond donors (Lipinski definition) is 2. The van der Waals surface area contributed by atoms with Crippen molar-refractivity contribution in [2.24, 2.45) is 11.3 Å². The number of nitrogens with zero attached hydrogens (tertiary/aromatic N) is 2. The Kier molecular flexibility index (Phi) is 3.18. The van der Waals surface area contributed by atoms with E-state index in [1.54, 1.807) is 13.8 Å². The Labute approximate surface area is 93.5 Å². The molecule has 7 heteroatoms. The van der Waals surface area contributed by atoms with Crippen LogP contribution in [0.25, 0.3) is 0 Å². The van der Waals surface area contributed by atoms with Gasteiger partial charge >= 0.3 is 6.03 Å². The predicted molar refractivity (Wildman–Crippen MR) is 55.9 cm³/mol.